The standard InChI is InChI=1S/C18H16BrNO3/c1-11(12-6-8-14(19)9-7-12)20-17(21)16-10-13-4-2-3-5-15(13)18(22)23-16/h2-9,11,16H,10H2,1H3,(H,20,21). The summed E-state index contributed by atoms with van der Waals surface area (Å²) >= 11 is 3.39. The molecule has 4 nitrogen and oxygen atoms in total. The smallest absolute Gasteiger partial charge is 0.339 e. The molecule has 0 saturated heterocycles. The van der Waals surface area contributed by atoms with Crippen LogP contribution in [0.4, 0.5) is 0 Å². The van der Waals surface area contributed by atoms with Crippen LogP contribution in [0.2, 0.25) is 0 Å². The molecule has 0 saturated carbocycles. The summed E-state index contributed by atoms with van der Waals surface area (Å²) < 4.78 is 6.26. The van der Waals surface area contributed by atoms with Crippen LogP contribution in [0.15, 0.2) is 53.0 Å². The van der Waals surface area contributed by atoms with E-state index in [1.807, 2.05) is 43.3 Å². The number of rotatable bonds is 3. The Morgan fingerprint density at radius 1 is 1.22 bits per heavy atom. The first-order chi connectivity index (χ1) is 11.0. The van der Waals surface area contributed by atoms with Gasteiger partial charge in [-0.15, -0.1) is 0 Å². The number of hydrogen-bond donors (Lipinski definition) is 1. The van der Waals surface area contributed by atoms with Crippen LogP contribution >= 0.6 is 15.9 Å². The number of ether oxygens (including phenoxy) is 1. The van der Waals surface area contributed by atoms with Crippen LogP contribution in [0, 0.1) is 0 Å². The largest absolute Gasteiger partial charge is 0.448 e. The Bertz CT molecular complexity index is 742. The van der Waals surface area contributed by atoms with Crippen LogP contribution in [0.25, 0.3) is 0 Å². The molecule has 5 heteroatoms. The molecule has 0 aromatic heterocycles. The van der Waals surface area contributed by atoms with Gasteiger partial charge in [0.05, 0.1) is 11.6 Å². The van der Waals surface area contributed by atoms with Crippen molar-refractivity contribution < 1.29 is 14.3 Å². The molecular weight excluding hydrogens is 358 g/mol. The maximum Gasteiger partial charge on any atom is 0.339 e. The summed E-state index contributed by atoms with van der Waals surface area (Å²) in [5, 5.41) is 2.91. The summed E-state index contributed by atoms with van der Waals surface area (Å²) in [7, 11) is 0. The second-order valence-electron chi connectivity index (χ2n) is 5.54. The molecule has 1 amide bonds. The summed E-state index contributed by atoms with van der Waals surface area (Å²) in [4.78, 5) is 24.4. The SMILES string of the molecule is CC(NC(=O)C1Cc2ccccc2C(=O)O1)c1ccc(Br)cc1. The highest BCUT2D eigenvalue weighted by atomic mass is 79.9. The number of esters is 1. The first kappa shape index (κ1) is 15.7. The quantitative estimate of drug-likeness (QED) is 0.838. The van der Waals surface area contributed by atoms with Crippen molar-refractivity contribution in [3.63, 3.8) is 0 Å². The van der Waals surface area contributed by atoms with Gasteiger partial charge in [-0.3, -0.25) is 4.79 Å². The van der Waals surface area contributed by atoms with Crippen molar-refractivity contribution >= 4 is 27.8 Å². The lowest BCUT2D eigenvalue weighted by molar-refractivity contribution is -0.131. The Balaban J connectivity index is 1.69. The normalized spacial score (nSPS) is 17.8. The first-order valence-electron chi connectivity index (χ1n) is 7.39. The van der Waals surface area contributed by atoms with Gasteiger partial charge in [0.25, 0.3) is 5.91 Å². The van der Waals surface area contributed by atoms with E-state index < -0.39 is 12.1 Å². The summed E-state index contributed by atoms with van der Waals surface area (Å²) in [5.41, 5.74) is 2.38. The average molecular weight is 374 g/mol. The van der Waals surface area contributed by atoms with E-state index in [1.54, 1.807) is 12.1 Å². The third kappa shape index (κ3) is 3.45. The number of carbonyl (C=O) groups is 2. The molecule has 2 aromatic rings. The minimum Gasteiger partial charge on any atom is -0.448 e. The van der Waals surface area contributed by atoms with Crippen LogP contribution in [-0.2, 0) is 16.0 Å². The molecule has 2 atom stereocenters. The summed E-state index contributed by atoms with van der Waals surface area (Å²) in [6.45, 7) is 1.90. The average Bonchev–Trinajstić information content (AvgIpc) is 2.55. The Morgan fingerprint density at radius 2 is 1.91 bits per heavy atom. The molecule has 0 bridgehead atoms. The number of benzene rings is 2. The molecular formula is C18H16BrNO3. The molecule has 1 aliphatic rings. The highest BCUT2D eigenvalue weighted by Crippen LogP contribution is 2.22. The topological polar surface area (TPSA) is 55.4 Å². The van der Waals surface area contributed by atoms with Crippen LogP contribution in [0.5, 0.6) is 0 Å². The van der Waals surface area contributed by atoms with E-state index in [2.05, 4.69) is 21.2 Å². The van der Waals surface area contributed by atoms with Gasteiger partial charge in [-0.25, -0.2) is 4.79 Å². The number of nitrogens with one attached hydrogen (secondary N) is 1. The minimum atomic E-state index is -0.782. The van der Waals surface area contributed by atoms with Gasteiger partial charge in [0, 0.05) is 10.9 Å². The Morgan fingerprint density at radius 3 is 2.65 bits per heavy atom. The molecule has 1 N–H and O–H groups in total. The minimum absolute atomic E-state index is 0.161. The van der Waals surface area contributed by atoms with Crippen LogP contribution in [0.3, 0.4) is 0 Å². The lowest BCUT2D eigenvalue weighted by Crippen LogP contribution is -2.42. The molecule has 3 rings (SSSR count). The number of hydrogen-bond acceptors (Lipinski definition) is 3. The van der Waals surface area contributed by atoms with Gasteiger partial charge in [-0.1, -0.05) is 46.3 Å². The number of amides is 1. The second kappa shape index (κ2) is 6.54. The van der Waals surface area contributed by atoms with E-state index in [4.69, 9.17) is 4.74 Å². The van der Waals surface area contributed by atoms with Crippen LogP contribution in [-0.4, -0.2) is 18.0 Å². The van der Waals surface area contributed by atoms with Gasteiger partial charge in [0.2, 0.25) is 0 Å². The van der Waals surface area contributed by atoms with Crippen molar-refractivity contribution in [3.8, 4) is 0 Å². The molecule has 0 aliphatic carbocycles. The van der Waals surface area contributed by atoms with Gasteiger partial charge >= 0.3 is 5.97 Å². The molecule has 1 heterocycles. The van der Waals surface area contributed by atoms with Crippen molar-refractivity contribution in [3.05, 3.63) is 69.7 Å². The van der Waals surface area contributed by atoms with Crippen molar-refractivity contribution in [2.75, 3.05) is 0 Å². The Kier molecular flexibility index (Phi) is 4.48. The zero-order chi connectivity index (χ0) is 16.4. The number of cyclic esters (lactones) is 1. The number of fused-ring (bicyclic) bond motifs is 1. The van der Waals surface area contributed by atoms with Crippen molar-refractivity contribution in [2.24, 2.45) is 0 Å². The number of halogens is 1. The maximum absolute atomic E-state index is 12.4. The van der Waals surface area contributed by atoms with E-state index in [-0.39, 0.29) is 11.9 Å². The molecule has 1 aliphatic heterocycles. The van der Waals surface area contributed by atoms with E-state index in [0.29, 0.717) is 12.0 Å². The third-order valence-electron chi connectivity index (χ3n) is 3.91. The fourth-order valence-electron chi connectivity index (χ4n) is 2.62. The van der Waals surface area contributed by atoms with E-state index >= 15 is 0 Å². The second-order valence-corrected chi connectivity index (χ2v) is 6.45. The zero-order valence-electron chi connectivity index (χ0n) is 12.6. The van der Waals surface area contributed by atoms with E-state index in [0.717, 1.165) is 15.6 Å². The van der Waals surface area contributed by atoms with Gasteiger partial charge in [0.15, 0.2) is 6.10 Å². The Labute approximate surface area is 143 Å². The summed E-state index contributed by atoms with van der Waals surface area (Å²) in [5.74, 6) is -0.716. The van der Waals surface area contributed by atoms with Gasteiger partial charge < -0.3 is 10.1 Å². The molecule has 0 fully saturated rings. The maximum atomic E-state index is 12.4. The van der Waals surface area contributed by atoms with Gasteiger partial charge in [-0.05, 0) is 36.2 Å². The molecule has 0 radical (unpaired) electrons. The molecule has 2 unspecified atom stereocenters. The molecule has 0 spiro atoms. The lowest BCUT2D eigenvalue weighted by Gasteiger charge is -2.25. The molecule has 118 valence electrons. The monoisotopic (exact) mass is 373 g/mol. The Hall–Kier alpha value is -2.14. The van der Waals surface area contributed by atoms with Gasteiger partial charge in [-0.2, -0.15) is 0 Å². The highest BCUT2D eigenvalue weighted by molar-refractivity contribution is 9.10. The molecule has 2 aromatic carbocycles. The zero-order valence-corrected chi connectivity index (χ0v) is 14.2. The lowest BCUT2D eigenvalue weighted by atomic mass is 9.98. The fraction of sp³-hybridized carbons (Fsp3) is 0.222. The predicted molar refractivity (Wildman–Crippen MR) is 90.0 cm³/mol. The van der Waals surface area contributed by atoms with Crippen LogP contribution < -0.4 is 5.32 Å². The van der Waals surface area contributed by atoms with Crippen LogP contribution in [0.1, 0.15) is 34.5 Å². The summed E-state index contributed by atoms with van der Waals surface area (Å²) in [6, 6.07) is 14.8. The van der Waals surface area contributed by atoms with Gasteiger partial charge in [0.1, 0.15) is 0 Å². The van der Waals surface area contributed by atoms with E-state index in [1.165, 1.54) is 0 Å². The van der Waals surface area contributed by atoms with Crippen molar-refractivity contribution in [1.82, 2.24) is 5.32 Å². The fourth-order valence-corrected chi connectivity index (χ4v) is 2.88. The summed E-state index contributed by atoms with van der Waals surface area (Å²) in [6.07, 6.45) is -0.379. The van der Waals surface area contributed by atoms with E-state index in [9.17, 15) is 9.59 Å². The highest BCUT2D eigenvalue weighted by Gasteiger charge is 2.31. The van der Waals surface area contributed by atoms with Crippen molar-refractivity contribution in [1.29, 1.82) is 0 Å². The molecule has 23 heavy (non-hydrogen) atoms. The number of carbonyl (C=O) groups excluding carboxylic acids is 2. The van der Waals surface area contributed by atoms with Crippen molar-refractivity contribution in [2.45, 2.75) is 25.5 Å². The predicted octanol–water partition coefficient (Wildman–Crippen LogP) is 3.41. The third-order valence-corrected chi connectivity index (χ3v) is 4.44. The first-order valence-corrected chi connectivity index (χ1v) is 8.18.